The monoisotopic (exact) mass is 806 g/mol. The molecule has 0 aromatic carbocycles. The van der Waals surface area contributed by atoms with Gasteiger partial charge in [-0.1, -0.05) is 221 Å². The quantitative estimate of drug-likeness (QED) is 0.0453. The van der Waals surface area contributed by atoms with E-state index in [1.54, 1.807) is 0 Å². The van der Waals surface area contributed by atoms with Crippen LogP contribution in [0.2, 0.25) is 0 Å². The van der Waals surface area contributed by atoms with E-state index >= 15 is 0 Å². The molecule has 0 aliphatic heterocycles. The van der Waals surface area contributed by atoms with Crippen LogP contribution in [-0.2, 0) is 19.1 Å². The highest BCUT2D eigenvalue weighted by Gasteiger charge is 2.20. The van der Waals surface area contributed by atoms with Gasteiger partial charge in [0.15, 0.2) is 0 Å². The second kappa shape index (κ2) is 46.0. The lowest BCUT2D eigenvalue weighted by Gasteiger charge is -2.22. The van der Waals surface area contributed by atoms with Crippen molar-refractivity contribution in [2.75, 3.05) is 32.8 Å². The van der Waals surface area contributed by atoms with Crippen molar-refractivity contribution < 1.29 is 19.1 Å². The minimum Gasteiger partial charge on any atom is -0.465 e. The highest BCUT2D eigenvalue weighted by atomic mass is 16.5. The molecule has 5 nitrogen and oxygen atoms in total. The zero-order valence-electron chi connectivity index (χ0n) is 39.6. The van der Waals surface area contributed by atoms with Crippen molar-refractivity contribution in [3.05, 3.63) is 0 Å². The predicted molar refractivity (Wildman–Crippen MR) is 249 cm³/mol. The van der Waals surface area contributed by atoms with Crippen LogP contribution in [0, 0.1) is 11.8 Å². The fourth-order valence-electron chi connectivity index (χ4n) is 8.32. The van der Waals surface area contributed by atoms with Gasteiger partial charge in [-0.05, 0) is 77.4 Å². The van der Waals surface area contributed by atoms with Gasteiger partial charge in [-0.3, -0.25) is 9.59 Å². The molecular weight excluding hydrogens is 703 g/mol. The lowest BCUT2D eigenvalue weighted by Crippen LogP contribution is -2.27. The van der Waals surface area contributed by atoms with E-state index in [1.165, 1.54) is 225 Å². The van der Waals surface area contributed by atoms with Gasteiger partial charge in [0.25, 0.3) is 0 Å². The summed E-state index contributed by atoms with van der Waals surface area (Å²) in [6, 6.07) is 0. The number of esters is 2. The summed E-state index contributed by atoms with van der Waals surface area (Å²) < 4.78 is 11.6. The van der Waals surface area contributed by atoms with Crippen molar-refractivity contribution in [2.45, 2.75) is 279 Å². The molecule has 0 amide bonds. The van der Waals surface area contributed by atoms with Crippen LogP contribution in [0.3, 0.4) is 0 Å². The molecule has 5 heteroatoms. The molecule has 2 atom stereocenters. The van der Waals surface area contributed by atoms with Crippen LogP contribution < -0.4 is 0 Å². The lowest BCUT2D eigenvalue weighted by molar-refractivity contribution is -0.150. The van der Waals surface area contributed by atoms with Crippen molar-refractivity contribution >= 4 is 11.9 Å². The van der Waals surface area contributed by atoms with Gasteiger partial charge in [0.05, 0.1) is 25.0 Å². The number of nitrogens with zero attached hydrogens (tertiary/aromatic N) is 1. The van der Waals surface area contributed by atoms with Gasteiger partial charge in [-0.25, -0.2) is 0 Å². The summed E-state index contributed by atoms with van der Waals surface area (Å²) in [5.74, 6) is 0.407. The van der Waals surface area contributed by atoms with E-state index in [0.717, 1.165) is 38.5 Å². The number of hydrogen-bond acceptors (Lipinski definition) is 5. The molecule has 0 rings (SSSR count). The topological polar surface area (TPSA) is 55.8 Å². The second-order valence-corrected chi connectivity index (χ2v) is 18.0. The Balaban J connectivity index is 4.12. The van der Waals surface area contributed by atoms with Gasteiger partial charge in [0.2, 0.25) is 0 Å². The normalized spacial score (nSPS) is 12.7. The molecule has 0 aliphatic carbocycles. The summed E-state index contributed by atoms with van der Waals surface area (Å²) >= 11 is 0. The highest BCUT2D eigenvalue weighted by Crippen LogP contribution is 2.22. The summed E-state index contributed by atoms with van der Waals surface area (Å²) in [4.78, 5) is 28.6. The summed E-state index contributed by atoms with van der Waals surface area (Å²) in [5.41, 5.74) is 0. The Morgan fingerprint density at radius 3 is 0.895 bits per heavy atom. The Bertz CT molecular complexity index is 756. The van der Waals surface area contributed by atoms with Crippen LogP contribution in [0.4, 0.5) is 0 Å². The largest absolute Gasteiger partial charge is 0.465 e. The molecule has 0 heterocycles. The van der Waals surface area contributed by atoms with Gasteiger partial charge >= 0.3 is 11.9 Å². The summed E-state index contributed by atoms with van der Waals surface area (Å²) in [7, 11) is 0. The van der Waals surface area contributed by atoms with Crippen LogP contribution in [0.1, 0.15) is 279 Å². The third-order valence-electron chi connectivity index (χ3n) is 12.3. The Labute approximate surface area is 358 Å². The third kappa shape index (κ3) is 38.8. The standard InChI is InChI=1S/C52H103NO4/c1-6-11-16-20-26-34-42-49(40-32-18-13-8-3)51(54)56-47-38-30-24-22-28-36-45-53(44-15-10-5)46-37-29-23-25-31-39-48-57-52(55)50(41-33-19-14-9-4)43-35-27-21-17-12-7-2/h49-50H,6-48H2,1-5H3. The smallest absolute Gasteiger partial charge is 0.308 e. The summed E-state index contributed by atoms with van der Waals surface area (Å²) in [6.07, 6.45) is 46.6. The van der Waals surface area contributed by atoms with Gasteiger partial charge in [-0.15, -0.1) is 0 Å². The maximum atomic E-state index is 12.9. The fraction of sp³-hybridized carbons (Fsp3) is 0.962. The number of hydrogen-bond donors (Lipinski definition) is 0. The molecule has 0 bridgehead atoms. The molecule has 2 unspecified atom stereocenters. The van der Waals surface area contributed by atoms with E-state index < -0.39 is 0 Å². The Morgan fingerprint density at radius 2 is 0.561 bits per heavy atom. The van der Waals surface area contributed by atoms with Crippen LogP contribution in [0.5, 0.6) is 0 Å². The second-order valence-electron chi connectivity index (χ2n) is 18.0. The van der Waals surface area contributed by atoms with Gasteiger partial charge in [-0.2, -0.15) is 0 Å². The minimum atomic E-state index is 0.0838. The maximum Gasteiger partial charge on any atom is 0.308 e. The van der Waals surface area contributed by atoms with Crippen LogP contribution in [0.25, 0.3) is 0 Å². The molecule has 0 spiro atoms. The van der Waals surface area contributed by atoms with Gasteiger partial charge < -0.3 is 14.4 Å². The number of carbonyl (C=O) groups is 2. The fourth-order valence-corrected chi connectivity index (χ4v) is 8.32. The van der Waals surface area contributed by atoms with E-state index in [2.05, 4.69) is 39.5 Å². The Kier molecular flexibility index (Phi) is 45.1. The van der Waals surface area contributed by atoms with E-state index in [0.29, 0.717) is 13.2 Å². The molecule has 0 aliphatic rings. The first-order valence-corrected chi connectivity index (χ1v) is 26.1. The number of carbonyl (C=O) groups excluding carboxylic acids is 2. The molecular formula is C52H103NO4. The van der Waals surface area contributed by atoms with E-state index in [1.807, 2.05) is 0 Å². The zero-order valence-corrected chi connectivity index (χ0v) is 39.6. The van der Waals surface area contributed by atoms with E-state index in [9.17, 15) is 9.59 Å². The van der Waals surface area contributed by atoms with Crippen molar-refractivity contribution in [3.63, 3.8) is 0 Å². The third-order valence-corrected chi connectivity index (χ3v) is 12.3. The first kappa shape index (κ1) is 55.9. The average Bonchev–Trinajstić information content (AvgIpc) is 3.22. The molecule has 0 saturated heterocycles. The van der Waals surface area contributed by atoms with Crippen LogP contribution >= 0.6 is 0 Å². The van der Waals surface area contributed by atoms with Crippen LogP contribution in [0.15, 0.2) is 0 Å². The molecule has 57 heavy (non-hydrogen) atoms. The van der Waals surface area contributed by atoms with Crippen LogP contribution in [-0.4, -0.2) is 49.7 Å². The van der Waals surface area contributed by atoms with Crippen molar-refractivity contribution in [1.82, 2.24) is 4.90 Å². The highest BCUT2D eigenvalue weighted by molar-refractivity contribution is 5.72. The van der Waals surface area contributed by atoms with Gasteiger partial charge in [0, 0.05) is 0 Å². The summed E-state index contributed by atoms with van der Waals surface area (Å²) in [6.45, 7) is 16.3. The predicted octanol–water partition coefficient (Wildman–Crippen LogP) is 16.5. The molecule has 0 aromatic heterocycles. The molecule has 0 radical (unpaired) electrons. The SMILES string of the molecule is CCCCCCCCC(CCCCCC)C(=O)OCCCCCCCCN(CCCC)CCCCCCCCOC(=O)C(CCCCCC)CCCCCCCC. The molecule has 0 N–H and O–H groups in total. The van der Waals surface area contributed by atoms with Gasteiger partial charge in [0.1, 0.15) is 0 Å². The molecule has 0 fully saturated rings. The molecule has 0 saturated carbocycles. The average molecular weight is 806 g/mol. The number of unbranched alkanes of at least 4 members (excludes halogenated alkanes) is 27. The lowest BCUT2D eigenvalue weighted by atomic mass is 9.94. The first-order valence-electron chi connectivity index (χ1n) is 26.1. The molecule has 340 valence electrons. The molecule has 0 aromatic rings. The first-order chi connectivity index (χ1) is 28.0. The Morgan fingerprint density at radius 1 is 0.316 bits per heavy atom. The van der Waals surface area contributed by atoms with Crippen molar-refractivity contribution in [2.24, 2.45) is 11.8 Å². The maximum absolute atomic E-state index is 12.9. The van der Waals surface area contributed by atoms with E-state index in [4.69, 9.17) is 9.47 Å². The number of rotatable bonds is 47. The number of ether oxygens (including phenoxy) is 2. The van der Waals surface area contributed by atoms with E-state index in [-0.39, 0.29) is 23.8 Å². The van der Waals surface area contributed by atoms with Crippen molar-refractivity contribution in [1.29, 1.82) is 0 Å². The van der Waals surface area contributed by atoms with Crippen molar-refractivity contribution in [3.8, 4) is 0 Å². The zero-order chi connectivity index (χ0) is 41.7. The minimum absolute atomic E-state index is 0.0838. The summed E-state index contributed by atoms with van der Waals surface area (Å²) in [5, 5.41) is 0. The Hall–Kier alpha value is -1.10.